The molecule has 0 spiro atoms. The van der Waals surface area contributed by atoms with Gasteiger partial charge in [0.05, 0.1) is 13.2 Å². The second-order valence-corrected chi connectivity index (χ2v) is 5.37. The van der Waals surface area contributed by atoms with Crippen molar-refractivity contribution in [2.75, 3.05) is 45.7 Å². The fourth-order valence-electron chi connectivity index (χ4n) is 2.03. The zero-order valence-corrected chi connectivity index (χ0v) is 12.0. The first-order chi connectivity index (χ1) is 9.29. The first-order valence-electron chi connectivity index (χ1n) is 6.50. The predicted octanol–water partition coefficient (Wildman–Crippen LogP) is 2.40. The molecule has 0 N–H and O–H groups in total. The molecule has 1 saturated heterocycles. The van der Waals surface area contributed by atoms with Gasteiger partial charge in [-0.25, -0.2) is 4.39 Å². The lowest BCUT2D eigenvalue weighted by atomic mass is 10.2. The van der Waals surface area contributed by atoms with Gasteiger partial charge in [-0.3, -0.25) is 4.90 Å². The molecule has 0 amide bonds. The van der Waals surface area contributed by atoms with Crippen molar-refractivity contribution in [2.24, 2.45) is 0 Å². The average Bonchev–Trinajstić information content (AvgIpc) is 2.43. The van der Waals surface area contributed by atoms with E-state index < -0.39 is 0 Å². The van der Waals surface area contributed by atoms with E-state index >= 15 is 0 Å². The lowest BCUT2D eigenvalue weighted by Crippen LogP contribution is -2.38. The molecule has 1 fully saturated rings. The first kappa shape index (κ1) is 14.6. The van der Waals surface area contributed by atoms with Crippen LogP contribution in [-0.4, -0.2) is 50.6 Å². The van der Waals surface area contributed by atoms with E-state index in [0.717, 1.165) is 44.2 Å². The predicted molar refractivity (Wildman–Crippen MR) is 76.4 cm³/mol. The first-order valence-corrected chi connectivity index (χ1v) is 7.89. The number of thioether (sulfide) groups is 1. The van der Waals surface area contributed by atoms with Crippen LogP contribution in [-0.2, 0) is 10.5 Å². The molecule has 0 bridgehead atoms. The summed E-state index contributed by atoms with van der Waals surface area (Å²) in [4.78, 5) is 2.27. The molecule has 0 aliphatic carbocycles. The van der Waals surface area contributed by atoms with Crippen LogP contribution >= 0.6 is 11.8 Å². The summed E-state index contributed by atoms with van der Waals surface area (Å²) in [6.07, 6.45) is 2.00. The third kappa shape index (κ3) is 4.67. The molecule has 0 unspecified atom stereocenters. The van der Waals surface area contributed by atoms with Crippen molar-refractivity contribution in [3.05, 3.63) is 29.6 Å². The number of halogens is 1. The van der Waals surface area contributed by atoms with Crippen LogP contribution in [0.25, 0.3) is 0 Å². The van der Waals surface area contributed by atoms with E-state index in [9.17, 15) is 4.39 Å². The molecule has 1 aliphatic heterocycles. The Labute approximate surface area is 118 Å². The quantitative estimate of drug-likeness (QED) is 0.800. The van der Waals surface area contributed by atoms with E-state index in [1.54, 1.807) is 23.9 Å². The molecule has 0 aromatic heterocycles. The molecule has 1 aromatic rings. The summed E-state index contributed by atoms with van der Waals surface area (Å²) in [7, 11) is 0. The van der Waals surface area contributed by atoms with E-state index in [2.05, 4.69) is 4.90 Å². The van der Waals surface area contributed by atoms with Crippen LogP contribution in [0.15, 0.2) is 18.2 Å². The standard InChI is InChI=1S/C14H20FNO2S/c1-19-11-12-2-3-14(13(15)10-12)18-9-6-16-4-7-17-8-5-16/h2-3,10H,4-9,11H2,1H3. The maximum absolute atomic E-state index is 13.8. The van der Waals surface area contributed by atoms with Gasteiger partial charge in [0.2, 0.25) is 0 Å². The minimum atomic E-state index is -0.270. The Hall–Kier alpha value is -0.780. The molecule has 3 nitrogen and oxygen atoms in total. The number of rotatable bonds is 6. The molecule has 2 rings (SSSR count). The highest BCUT2D eigenvalue weighted by Gasteiger charge is 2.10. The monoisotopic (exact) mass is 285 g/mol. The maximum atomic E-state index is 13.8. The molecule has 5 heteroatoms. The van der Waals surface area contributed by atoms with Crippen molar-refractivity contribution in [1.82, 2.24) is 4.90 Å². The second-order valence-electron chi connectivity index (χ2n) is 4.50. The highest BCUT2D eigenvalue weighted by atomic mass is 32.2. The van der Waals surface area contributed by atoms with Gasteiger partial charge in [0.1, 0.15) is 6.61 Å². The van der Waals surface area contributed by atoms with Gasteiger partial charge in [-0.2, -0.15) is 11.8 Å². The van der Waals surface area contributed by atoms with Crippen molar-refractivity contribution >= 4 is 11.8 Å². The molecule has 0 saturated carbocycles. The highest BCUT2D eigenvalue weighted by molar-refractivity contribution is 7.97. The van der Waals surface area contributed by atoms with E-state index in [0.29, 0.717) is 12.4 Å². The van der Waals surface area contributed by atoms with Gasteiger partial charge in [0.25, 0.3) is 0 Å². The lowest BCUT2D eigenvalue weighted by Gasteiger charge is -2.26. The minimum absolute atomic E-state index is 0.270. The molecule has 1 aromatic carbocycles. The Bertz CT molecular complexity index is 397. The fourth-order valence-corrected chi connectivity index (χ4v) is 2.54. The number of hydrogen-bond acceptors (Lipinski definition) is 4. The zero-order valence-electron chi connectivity index (χ0n) is 11.2. The summed E-state index contributed by atoms with van der Waals surface area (Å²) in [5.74, 6) is 0.900. The molecule has 1 aliphatic rings. The Morgan fingerprint density at radius 1 is 1.37 bits per heavy atom. The van der Waals surface area contributed by atoms with E-state index in [-0.39, 0.29) is 5.82 Å². The summed E-state index contributed by atoms with van der Waals surface area (Å²) in [5, 5.41) is 0. The van der Waals surface area contributed by atoms with E-state index in [1.165, 1.54) is 0 Å². The van der Waals surface area contributed by atoms with Crippen molar-refractivity contribution < 1.29 is 13.9 Å². The van der Waals surface area contributed by atoms with Gasteiger partial charge in [0, 0.05) is 25.4 Å². The molecule has 106 valence electrons. The van der Waals surface area contributed by atoms with Crippen molar-refractivity contribution in [1.29, 1.82) is 0 Å². The summed E-state index contributed by atoms with van der Waals surface area (Å²) in [6.45, 7) is 4.74. The second kappa shape index (κ2) is 7.72. The van der Waals surface area contributed by atoms with Gasteiger partial charge in [-0.15, -0.1) is 0 Å². The van der Waals surface area contributed by atoms with Crippen LogP contribution in [0.3, 0.4) is 0 Å². The van der Waals surface area contributed by atoms with Gasteiger partial charge in [0.15, 0.2) is 11.6 Å². The van der Waals surface area contributed by atoms with Crippen molar-refractivity contribution in [3.63, 3.8) is 0 Å². The van der Waals surface area contributed by atoms with Gasteiger partial charge >= 0.3 is 0 Å². The third-order valence-corrected chi connectivity index (χ3v) is 3.70. The molecular weight excluding hydrogens is 265 g/mol. The van der Waals surface area contributed by atoms with Crippen molar-refractivity contribution in [3.8, 4) is 5.75 Å². The molecule has 0 radical (unpaired) electrons. The van der Waals surface area contributed by atoms with Crippen LogP contribution in [0.1, 0.15) is 5.56 Å². The molecule has 0 atom stereocenters. The fraction of sp³-hybridized carbons (Fsp3) is 0.571. The van der Waals surface area contributed by atoms with Crippen LogP contribution in [0.4, 0.5) is 4.39 Å². The number of ether oxygens (including phenoxy) is 2. The minimum Gasteiger partial charge on any atom is -0.489 e. The highest BCUT2D eigenvalue weighted by Crippen LogP contribution is 2.20. The smallest absolute Gasteiger partial charge is 0.165 e. The van der Waals surface area contributed by atoms with E-state index in [4.69, 9.17) is 9.47 Å². The normalized spacial score (nSPS) is 16.5. The SMILES string of the molecule is CSCc1ccc(OCCN2CCOCC2)c(F)c1. The zero-order chi connectivity index (χ0) is 13.5. The topological polar surface area (TPSA) is 21.7 Å². The number of morpholine rings is 1. The Morgan fingerprint density at radius 2 is 2.16 bits per heavy atom. The molecule has 19 heavy (non-hydrogen) atoms. The number of hydrogen-bond donors (Lipinski definition) is 0. The average molecular weight is 285 g/mol. The van der Waals surface area contributed by atoms with Crippen LogP contribution in [0.2, 0.25) is 0 Å². The Kier molecular flexibility index (Phi) is 5.94. The summed E-state index contributed by atoms with van der Waals surface area (Å²) >= 11 is 1.68. The maximum Gasteiger partial charge on any atom is 0.165 e. The Morgan fingerprint density at radius 3 is 2.84 bits per heavy atom. The summed E-state index contributed by atoms with van der Waals surface area (Å²) < 4.78 is 24.6. The van der Waals surface area contributed by atoms with Gasteiger partial charge in [-0.1, -0.05) is 6.07 Å². The van der Waals surface area contributed by atoms with E-state index in [1.807, 2.05) is 12.3 Å². The molecule has 1 heterocycles. The molecular formula is C14H20FNO2S. The third-order valence-electron chi connectivity index (χ3n) is 3.08. The van der Waals surface area contributed by atoms with Gasteiger partial charge < -0.3 is 9.47 Å². The Balaban J connectivity index is 1.78. The summed E-state index contributed by atoms with van der Waals surface area (Å²) in [6, 6.07) is 5.20. The van der Waals surface area contributed by atoms with Gasteiger partial charge in [-0.05, 0) is 24.0 Å². The lowest BCUT2D eigenvalue weighted by molar-refractivity contribution is 0.0320. The van der Waals surface area contributed by atoms with Crippen LogP contribution in [0, 0.1) is 5.82 Å². The largest absolute Gasteiger partial charge is 0.489 e. The summed E-state index contributed by atoms with van der Waals surface area (Å²) in [5.41, 5.74) is 0.991. The van der Waals surface area contributed by atoms with Crippen molar-refractivity contribution in [2.45, 2.75) is 5.75 Å². The van der Waals surface area contributed by atoms with Crippen LogP contribution in [0.5, 0.6) is 5.75 Å². The van der Waals surface area contributed by atoms with Crippen LogP contribution < -0.4 is 4.74 Å². The number of benzene rings is 1. The number of nitrogens with zero attached hydrogens (tertiary/aromatic N) is 1.